The molecule has 5 rings (SSSR count). The van der Waals surface area contributed by atoms with Crippen molar-refractivity contribution in [3.05, 3.63) is 47.4 Å². The lowest BCUT2D eigenvalue weighted by molar-refractivity contribution is 0.0996. The summed E-state index contributed by atoms with van der Waals surface area (Å²) in [6.45, 7) is 8.48. The van der Waals surface area contributed by atoms with E-state index in [0.717, 1.165) is 35.6 Å². The number of carbonyl (C=O) groups excluding carboxylic acids is 1. The SMILES string of the molecule is CC1CCN1c1cc2c(c(CN(C)C)n1)CN(c1cccc(-c3nncn3C(C)C)n1)C2=O. The number of rotatable bonds is 6. The molecule has 1 saturated heterocycles. The van der Waals surface area contributed by atoms with E-state index in [-0.39, 0.29) is 11.9 Å². The van der Waals surface area contributed by atoms with E-state index in [1.54, 1.807) is 11.2 Å². The van der Waals surface area contributed by atoms with Crippen LogP contribution in [0.2, 0.25) is 0 Å². The molecule has 1 unspecified atom stereocenters. The van der Waals surface area contributed by atoms with E-state index in [9.17, 15) is 4.79 Å². The lowest BCUT2D eigenvalue weighted by Gasteiger charge is -2.40. The molecule has 0 spiro atoms. The van der Waals surface area contributed by atoms with Crippen LogP contribution in [0.5, 0.6) is 0 Å². The summed E-state index contributed by atoms with van der Waals surface area (Å²) in [4.78, 5) is 29.4. The second-order valence-corrected chi connectivity index (χ2v) is 9.45. The lowest BCUT2D eigenvalue weighted by Crippen LogP contribution is -2.46. The topological polar surface area (TPSA) is 83.3 Å². The number of anilines is 2. The van der Waals surface area contributed by atoms with Gasteiger partial charge in [-0.05, 0) is 59.5 Å². The molecule has 9 nitrogen and oxygen atoms in total. The van der Waals surface area contributed by atoms with Gasteiger partial charge in [0.1, 0.15) is 23.7 Å². The molecule has 9 heteroatoms. The average molecular weight is 447 g/mol. The second kappa shape index (κ2) is 8.22. The number of pyridine rings is 2. The molecule has 3 aromatic heterocycles. The Morgan fingerprint density at radius 2 is 2.00 bits per heavy atom. The molecule has 0 aliphatic carbocycles. The number of amides is 1. The van der Waals surface area contributed by atoms with Crippen LogP contribution in [0, 0.1) is 0 Å². The summed E-state index contributed by atoms with van der Waals surface area (Å²) in [5.74, 6) is 2.17. The average Bonchev–Trinajstić information content (AvgIpc) is 3.38. The third-order valence-electron chi connectivity index (χ3n) is 6.44. The van der Waals surface area contributed by atoms with Crippen LogP contribution in [-0.2, 0) is 13.1 Å². The summed E-state index contributed by atoms with van der Waals surface area (Å²) in [6.07, 6.45) is 2.86. The van der Waals surface area contributed by atoms with E-state index in [4.69, 9.17) is 9.97 Å². The zero-order valence-electron chi connectivity index (χ0n) is 19.9. The van der Waals surface area contributed by atoms with Gasteiger partial charge in [-0.2, -0.15) is 0 Å². The summed E-state index contributed by atoms with van der Waals surface area (Å²) < 4.78 is 1.98. The van der Waals surface area contributed by atoms with Crippen LogP contribution in [0.25, 0.3) is 11.5 Å². The molecule has 0 bridgehead atoms. The Morgan fingerprint density at radius 1 is 1.18 bits per heavy atom. The third-order valence-corrected chi connectivity index (χ3v) is 6.44. The smallest absolute Gasteiger partial charge is 0.260 e. The van der Waals surface area contributed by atoms with Crippen molar-refractivity contribution in [2.75, 3.05) is 30.4 Å². The van der Waals surface area contributed by atoms with Crippen molar-refractivity contribution in [3.8, 4) is 11.5 Å². The molecule has 5 heterocycles. The third kappa shape index (κ3) is 3.76. The van der Waals surface area contributed by atoms with Crippen LogP contribution in [0.1, 0.15) is 54.8 Å². The molecular formula is C24H30N8O. The van der Waals surface area contributed by atoms with Gasteiger partial charge in [-0.25, -0.2) is 9.97 Å². The maximum Gasteiger partial charge on any atom is 0.260 e. The van der Waals surface area contributed by atoms with Gasteiger partial charge >= 0.3 is 0 Å². The first-order valence-corrected chi connectivity index (χ1v) is 11.5. The van der Waals surface area contributed by atoms with Crippen molar-refractivity contribution in [1.82, 2.24) is 29.6 Å². The van der Waals surface area contributed by atoms with Crippen LogP contribution in [0.15, 0.2) is 30.6 Å². The molecule has 0 aromatic carbocycles. The summed E-state index contributed by atoms with van der Waals surface area (Å²) >= 11 is 0. The maximum absolute atomic E-state index is 13.6. The van der Waals surface area contributed by atoms with Crippen LogP contribution in [-0.4, -0.2) is 62.2 Å². The zero-order valence-corrected chi connectivity index (χ0v) is 19.9. The van der Waals surface area contributed by atoms with Crippen molar-refractivity contribution in [3.63, 3.8) is 0 Å². The molecule has 1 fully saturated rings. The van der Waals surface area contributed by atoms with E-state index in [2.05, 4.69) is 40.8 Å². The Balaban J connectivity index is 1.52. The molecular weight excluding hydrogens is 416 g/mol. The summed E-state index contributed by atoms with van der Waals surface area (Å²) in [5, 5.41) is 8.31. The minimum absolute atomic E-state index is 0.0307. The first-order chi connectivity index (χ1) is 15.8. The van der Waals surface area contributed by atoms with Crippen molar-refractivity contribution in [2.24, 2.45) is 0 Å². The number of carbonyl (C=O) groups is 1. The first-order valence-electron chi connectivity index (χ1n) is 11.5. The second-order valence-electron chi connectivity index (χ2n) is 9.45. The Hall–Kier alpha value is -3.33. The molecule has 172 valence electrons. The van der Waals surface area contributed by atoms with Crippen molar-refractivity contribution < 1.29 is 4.79 Å². The maximum atomic E-state index is 13.6. The minimum Gasteiger partial charge on any atom is -0.354 e. The van der Waals surface area contributed by atoms with Crippen molar-refractivity contribution in [1.29, 1.82) is 0 Å². The highest BCUT2D eigenvalue weighted by molar-refractivity contribution is 6.10. The molecule has 2 aliphatic rings. The monoisotopic (exact) mass is 446 g/mol. The fraction of sp³-hybridized carbons (Fsp3) is 0.458. The van der Waals surface area contributed by atoms with Crippen LogP contribution in [0.4, 0.5) is 11.6 Å². The highest BCUT2D eigenvalue weighted by Crippen LogP contribution is 2.34. The summed E-state index contributed by atoms with van der Waals surface area (Å²) in [7, 11) is 4.05. The Bertz CT molecular complexity index is 1200. The van der Waals surface area contributed by atoms with Gasteiger partial charge in [-0.1, -0.05) is 6.07 Å². The van der Waals surface area contributed by atoms with E-state index < -0.39 is 0 Å². The minimum atomic E-state index is -0.0307. The molecule has 0 radical (unpaired) electrons. The standard InChI is InChI=1S/C24H30N8O/c1-15(2)32-14-25-28-23(32)19-7-6-8-21(26-19)31-12-18-17(24(31)33)11-22(30-10-9-16(30)3)27-20(18)13-29(4)5/h6-8,11,14-16H,9-10,12-13H2,1-5H3. The predicted octanol–water partition coefficient (Wildman–Crippen LogP) is 3.14. The van der Waals surface area contributed by atoms with Gasteiger partial charge in [-0.3, -0.25) is 9.69 Å². The van der Waals surface area contributed by atoms with Crippen LogP contribution >= 0.6 is 0 Å². The van der Waals surface area contributed by atoms with E-state index in [0.29, 0.717) is 36.5 Å². The molecule has 33 heavy (non-hydrogen) atoms. The quantitative estimate of drug-likeness (QED) is 0.575. The lowest BCUT2D eigenvalue weighted by atomic mass is 10.0. The van der Waals surface area contributed by atoms with Gasteiger partial charge in [0.25, 0.3) is 5.91 Å². The van der Waals surface area contributed by atoms with E-state index in [1.807, 2.05) is 42.9 Å². The number of hydrogen-bond acceptors (Lipinski definition) is 7. The fourth-order valence-corrected chi connectivity index (χ4v) is 4.47. The Morgan fingerprint density at radius 3 is 2.67 bits per heavy atom. The van der Waals surface area contributed by atoms with E-state index >= 15 is 0 Å². The van der Waals surface area contributed by atoms with Gasteiger partial charge in [0, 0.05) is 30.7 Å². The molecule has 0 N–H and O–H groups in total. The van der Waals surface area contributed by atoms with Gasteiger partial charge in [0.05, 0.1) is 17.8 Å². The van der Waals surface area contributed by atoms with Crippen molar-refractivity contribution >= 4 is 17.5 Å². The number of nitrogens with zero attached hydrogens (tertiary/aromatic N) is 8. The Labute approximate surface area is 194 Å². The Kier molecular flexibility index (Phi) is 5.36. The molecule has 3 aromatic rings. The fourth-order valence-electron chi connectivity index (χ4n) is 4.47. The summed E-state index contributed by atoms with van der Waals surface area (Å²) in [5.41, 5.74) is 3.37. The van der Waals surface area contributed by atoms with Gasteiger partial charge in [0.15, 0.2) is 5.82 Å². The summed E-state index contributed by atoms with van der Waals surface area (Å²) in [6, 6.07) is 8.32. The van der Waals surface area contributed by atoms with Gasteiger partial charge in [0.2, 0.25) is 0 Å². The highest BCUT2D eigenvalue weighted by atomic mass is 16.2. The van der Waals surface area contributed by atoms with Gasteiger partial charge < -0.3 is 14.4 Å². The molecule has 0 saturated carbocycles. The molecule has 1 atom stereocenters. The zero-order chi connectivity index (χ0) is 23.3. The molecule has 1 amide bonds. The largest absolute Gasteiger partial charge is 0.354 e. The predicted molar refractivity (Wildman–Crippen MR) is 127 cm³/mol. The number of aromatic nitrogens is 5. The van der Waals surface area contributed by atoms with Crippen LogP contribution < -0.4 is 9.80 Å². The van der Waals surface area contributed by atoms with Gasteiger partial charge in [-0.15, -0.1) is 10.2 Å². The normalized spacial score (nSPS) is 17.8. The highest BCUT2D eigenvalue weighted by Gasteiger charge is 2.35. The van der Waals surface area contributed by atoms with E-state index in [1.165, 1.54) is 0 Å². The number of hydrogen-bond donors (Lipinski definition) is 0. The van der Waals surface area contributed by atoms with Crippen LogP contribution in [0.3, 0.4) is 0 Å². The molecule has 2 aliphatic heterocycles. The first kappa shape index (κ1) is 21.5. The number of fused-ring (bicyclic) bond motifs is 1. The van der Waals surface area contributed by atoms with Crippen molar-refractivity contribution in [2.45, 2.75) is 52.4 Å².